The predicted molar refractivity (Wildman–Crippen MR) is 125 cm³/mol. The van der Waals surface area contributed by atoms with Gasteiger partial charge in [0.05, 0.1) is 11.1 Å². The fraction of sp³-hybridized carbons (Fsp3) is 0.250. The lowest BCUT2D eigenvalue weighted by molar-refractivity contribution is 0.314. The predicted octanol–water partition coefficient (Wildman–Crippen LogP) is 5.27. The van der Waals surface area contributed by atoms with Crippen molar-refractivity contribution in [2.24, 2.45) is 0 Å². The largest absolute Gasteiger partial charge is 0.507 e. The number of benzene rings is 2. The van der Waals surface area contributed by atoms with Crippen LogP contribution < -0.4 is 11.3 Å². The number of rotatable bonds is 6. The highest BCUT2D eigenvalue weighted by atomic mass is 79.9. The van der Waals surface area contributed by atoms with Gasteiger partial charge in [-0.15, -0.1) is 0 Å². The molecule has 0 atom stereocenters. The van der Waals surface area contributed by atoms with E-state index < -0.39 is 11.3 Å². The van der Waals surface area contributed by atoms with Gasteiger partial charge >= 0.3 is 11.3 Å². The topological polar surface area (TPSA) is 83.9 Å². The van der Waals surface area contributed by atoms with Crippen molar-refractivity contribution in [2.45, 2.75) is 26.3 Å². The summed E-state index contributed by atoms with van der Waals surface area (Å²) < 4.78 is 11.8. The van der Waals surface area contributed by atoms with Crippen molar-refractivity contribution in [3.63, 3.8) is 0 Å². The summed E-state index contributed by atoms with van der Waals surface area (Å²) in [5.41, 5.74) is 0.789. The number of fused-ring (bicyclic) bond motifs is 2. The molecule has 0 aliphatic carbocycles. The molecule has 0 aliphatic heterocycles. The monoisotopic (exact) mass is 483 g/mol. The molecule has 4 aromatic rings. The van der Waals surface area contributed by atoms with Gasteiger partial charge in [-0.2, -0.15) is 0 Å². The molecule has 4 rings (SSSR count). The minimum Gasteiger partial charge on any atom is -0.507 e. The van der Waals surface area contributed by atoms with Gasteiger partial charge in [0, 0.05) is 33.4 Å². The van der Waals surface area contributed by atoms with E-state index in [1.54, 1.807) is 30.3 Å². The molecule has 0 saturated heterocycles. The molecular weight excluding hydrogens is 462 g/mol. The Balaban J connectivity index is 1.93. The third kappa shape index (κ3) is 4.29. The van der Waals surface area contributed by atoms with Crippen molar-refractivity contribution in [3.05, 3.63) is 73.3 Å². The Morgan fingerprint density at radius 3 is 2.61 bits per heavy atom. The zero-order chi connectivity index (χ0) is 22.1. The van der Waals surface area contributed by atoms with Crippen LogP contribution in [0.2, 0.25) is 0 Å². The van der Waals surface area contributed by atoms with Crippen LogP contribution in [0.4, 0.5) is 0 Å². The molecule has 0 unspecified atom stereocenters. The normalized spacial score (nSPS) is 11.6. The van der Waals surface area contributed by atoms with Crippen LogP contribution in [0.1, 0.15) is 25.3 Å². The SMILES string of the molecule is CCCCN(C)Cc1c(O)ccc2c(-c3cc4cc(Br)ccc4oc3=O)cc(=O)oc12. The second-order valence-corrected chi connectivity index (χ2v) is 8.56. The van der Waals surface area contributed by atoms with Crippen LogP contribution in [-0.2, 0) is 6.54 Å². The summed E-state index contributed by atoms with van der Waals surface area (Å²) in [6.07, 6.45) is 2.07. The molecule has 0 radical (unpaired) electrons. The summed E-state index contributed by atoms with van der Waals surface area (Å²) in [7, 11) is 1.95. The van der Waals surface area contributed by atoms with Crippen molar-refractivity contribution in [2.75, 3.05) is 13.6 Å². The van der Waals surface area contributed by atoms with Gasteiger partial charge in [-0.05, 0) is 56.4 Å². The molecule has 2 aromatic heterocycles. The van der Waals surface area contributed by atoms with E-state index in [9.17, 15) is 14.7 Å². The molecule has 0 saturated carbocycles. The zero-order valence-corrected chi connectivity index (χ0v) is 18.9. The van der Waals surface area contributed by atoms with E-state index in [-0.39, 0.29) is 16.9 Å². The van der Waals surface area contributed by atoms with Crippen LogP contribution in [0.25, 0.3) is 33.1 Å². The number of unbranched alkanes of at least 4 members (excludes halogenated alkanes) is 1. The van der Waals surface area contributed by atoms with Crippen molar-refractivity contribution < 1.29 is 13.9 Å². The van der Waals surface area contributed by atoms with E-state index in [0.29, 0.717) is 28.6 Å². The van der Waals surface area contributed by atoms with Crippen molar-refractivity contribution in [1.82, 2.24) is 4.90 Å². The van der Waals surface area contributed by atoms with Crippen LogP contribution in [-0.4, -0.2) is 23.6 Å². The maximum Gasteiger partial charge on any atom is 0.344 e. The van der Waals surface area contributed by atoms with Crippen molar-refractivity contribution >= 4 is 37.9 Å². The molecule has 7 heteroatoms. The maximum atomic E-state index is 12.8. The summed E-state index contributed by atoms with van der Waals surface area (Å²) in [5.74, 6) is 0.0469. The fourth-order valence-corrected chi connectivity index (χ4v) is 4.09. The van der Waals surface area contributed by atoms with E-state index in [1.165, 1.54) is 6.07 Å². The summed E-state index contributed by atoms with van der Waals surface area (Å²) in [6.45, 7) is 3.37. The Kier molecular flexibility index (Phi) is 5.98. The smallest absolute Gasteiger partial charge is 0.344 e. The van der Waals surface area contributed by atoms with E-state index in [0.717, 1.165) is 29.2 Å². The number of aromatic hydroxyl groups is 1. The van der Waals surface area contributed by atoms with Gasteiger partial charge in [-0.3, -0.25) is 0 Å². The first-order chi connectivity index (χ1) is 14.9. The molecule has 2 heterocycles. The van der Waals surface area contributed by atoms with Crippen LogP contribution in [0.15, 0.2) is 65.4 Å². The van der Waals surface area contributed by atoms with Gasteiger partial charge < -0.3 is 18.8 Å². The number of nitrogens with zero attached hydrogens (tertiary/aromatic N) is 1. The van der Waals surface area contributed by atoms with Crippen molar-refractivity contribution in [3.8, 4) is 16.9 Å². The number of phenolic OH excluding ortho intramolecular Hbond substituents is 1. The summed E-state index contributed by atoms with van der Waals surface area (Å²) in [4.78, 5) is 27.2. The molecule has 0 amide bonds. The highest BCUT2D eigenvalue weighted by molar-refractivity contribution is 9.10. The quantitative estimate of drug-likeness (QED) is 0.376. The zero-order valence-electron chi connectivity index (χ0n) is 17.3. The third-order valence-corrected chi connectivity index (χ3v) is 5.79. The molecule has 1 N–H and O–H groups in total. The maximum absolute atomic E-state index is 12.8. The molecule has 0 spiro atoms. The van der Waals surface area contributed by atoms with Gasteiger partial charge in [0.15, 0.2) is 0 Å². The number of phenols is 1. The Morgan fingerprint density at radius 2 is 1.84 bits per heavy atom. The molecule has 0 bridgehead atoms. The minimum atomic E-state index is -0.598. The third-order valence-electron chi connectivity index (χ3n) is 5.30. The summed E-state index contributed by atoms with van der Waals surface area (Å²) in [5, 5.41) is 11.8. The molecule has 0 aliphatic rings. The van der Waals surface area contributed by atoms with Gasteiger partial charge in [-0.1, -0.05) is 29.3 Å². The average Bonchev–Trinajstić information content (AvgIpc) is 2.73. The number of hydrogen-bond donors (Lipinski definition) is 1. The van der Waals surface area contributed by atoms with E-state index in [4.69, 9.17) is 8.83 Å². The lowest BCUT2D eigenvalue weighted by Crippen LogP contribution is -2.19. The Labute approximate surface area is 186 Å². The van der Waals surface area contributed by atoms with Gasteiger partial charge in [0.25, 0.3) is 0 Å². The highest BCUT2D eigenvalue weighted by Crippen LogP contribution is 2.34. The van der Waals surface area contributed by atoms with Gasteiger partial charge in [-0.25, -0.2) is 9.59 Å². The fourth-order valence-electron chi connectivity index (χ4n) is 3.71. The molecule has 160 valence electrons. The first-order valence-electron chi connectivity index (χ1n) is 10.1. The van der Waals surface area contributed by atoms with Crippen molar-refractivity contribution in [1.29, 1.82) is 0 Å². The molecule has 6 nitrogen and oxygen atoms in total. The van der Waals surface area contributed by atoms with Gasteiger partial charge in [0.2, 0.25) is 0 Å². The molecule has 0 fully saturated rings. The summed E-state index contributed by atoms with van der Waals surface area (Å²) in [6, 6.07) is 11.6. The lowest BCUT2D eigenvalue weighted by Gasteiger charge is -2.18. The standard InChI is InChI=1S/C24H22BrNO5/c1-3-4-9-26(2)13-19-20(27)7-6-16-17(12-22(28)31-23(16)19)18-11-14-10-15(25)5-8-21(14)30-24(18)29/h5-8,10-12,27H,3-4,9,13H2,1-2H3. The van der Waals surface area contributed by atoms with Crippen LogP contribution in [0.5, 0.6) is 5.75 Å². The summed E-state index contributed by atoms with van der Waals surface area (Å²) >= 11 is 3.42. The average molecular weight is 484 g/mol. The van der Waals surface area contributed by atoms with Crippen LogP contribution >= 0.6 is 15.9 Å². The van der Waals surface area contributed by atoms with E-state index in [1.807, 2.05) is 13.1 Å². The highest BCUT2D eigenvalue weighted by Gasteiger charge is 2.18. The molecular formula is C24H22BrNO5. The lowest BCUT2D eigenvalue weighted by atomic mass is 9.99. The molecule has 2 aromatic carbocycles. The Morgan fingerprint density at radius 1 is 1.03 bits per heavy atom. The van der Waals surface area contributed by atoms with Gasteiger partial charge in [0.1, 0.15) is 16.9 Å². The second kappa shape index (κ2) is 8.69. The Hall–Kier alpha value is -2.90. The van der Waals surface area contributed by atoms with E-state index in [2.05, 4.69) is 27.8 Å². The number of hydrogen-bond acceptors (Lipinski definition) is 6. The second-order valence-electron chi connectivity index (χ2n) is 7.64. The van der Waals surface area contributed by atoms with Crippen LogP contribution in [0.3, 0.4) is 0 Å². The Bertz CT molecular complexity index is 1390. The minimum absolute atomic E-state index is 0.0469. The van der Waals surface area contributed by atoms with E-state index >= 15 is 0 Å². The molecule has 31 heavy (non-hydrogen) atoms. The first-order valence-corrected chi connectivity index (χ1v) is 10.9. The van der Waals surface area contributed by atoms with Crippen LogP contribution in [0, 0.1) is 0 Å². The number of halogens is 1. The first kappa shape index (κ1) is 21.3.